The monoisotopic (exact) mass is 396 g/mol. The molecule has 1 aromatic carbocycles. The molecule has 0 spiro atoms. The Morgan fingerprint density at radius 2 is 2.03 bits per heavy atom. The molecule has 1 aromatic heterocycles. The smallest absolute Gasteiger partial charge is 0.258 e. The second-order valence-electron chi connectivity index (χ2n) is 7.00. The van der Waals surface area contributed by atoms with E-state index >= 15 is 0 Å². The van der Waals surface area contributed by atoms with E-state index in [4.69, 9.17) is 14.2 Å². The maximum absolute atomic E-state index is 12.2. The lowest BCUT2D eigenvalue weighted by Crippen LogP contribution is -2.28. The molecule has 154 valence electrons. The molecule has 1 aliphatic carbocycles. The Bertz CT molecular complexity index is 845. The third-order valence-electron chi connectivity index (χ3n) is 4.78. The Morgan fingerprint density at radius 3 is 2.79 bits per heavy atom. The summed E-state index contributed by atoms with van der Waals surface area (Å²) < 4.78 is 16.9. The number of amides is 1. The predicted octanol–water partition coefficient (Wildman–Crippen LogP) is 4.14. The fraction of sp³-hybridized carbons (Fsp3) is 0.391. The summed E-state index contributed by atoms with van der Waals surface area (Å²) in [4.78, 5) is 16.5. The molecule has 29 heavy (non-hydrogen) atoms. The quantitative estimate of drug-likeness (QED) is 0.690. The van der Waals surface area contributed by atoms with E-state index in [-0.39, 0.29) is 18.6 Å². The normalized spacial score (nSPS) is 14.1. The van der Waals surface area contributed by atoms with E-state index in [0.717, 1.165) is 24.0 Å². The number of hydrogen-bond donors (Lipinski definition) is 1. The lowest BCUT2D eigenvalue weighted by atomic mass is 10.2. The lowest BCUT2D eigenvalue weighted by molar-refractivity contribution is -0.123. The number of benzene rings is 1. The van der Waals surface area contributed by atoms with E-state index in [9.17, 15) is 4.79 Å². The molecule has 1 fully saturated rings. The number of allylic oxidation sites excluding steroid dienone is 1. The Kier molecular flexibility index (Phi) is 7.50. The summed E-state index contributed by atoms with van der Waals surface area (Å²) in [7, 11) is 1.58. The largest absolute Gasteiger partial charge is 0.493 e. The van der Waals surface area contributed by atoms with Gasteiger partial charge in [-0.15, -0.1) is 0 Å². The average Bonchev–Trinajstić information content (AvgIpc) is 3.24. The average molecular weight is 396 g/mol. The van der Waals surface area contributed by atoms with Crippen molar-refractivity contribution in [2.45, 2.75) is 45.3 Å². The van der Waals surface area contributed by atoms with Crippen molar-refractivity contribution in [2.75, 3.05) is 13.7 Å². The molecular weight excluding hydrogens is 368 g/mol. The highest BCUT2D eigenvalue weighted by molar-refractivity contribution is 5.77. The van der Waals surface area contributed by atoms with Gasteiger partial charge in [-0.05, 0) is 61.9 Å². The summed E-state index contributed by atoms with van der Waals surface area (Å²) in [5.41, 5.74) is 1.95. The topological polar surface area (TPSA) is 69.7 Å². The molecule has 0 saturated heterocycles. The fourth-order valence-electron chi connectivity index (χ4n) is 3.30. The van der Waals surface area contributed by atoms with Crippen LogP contribution in [0.25, 0.3) is 6.08 Å². The van der Waals surface area contributed by atoms with Gasteiger partial charge in [0.2, 0.25) is 5.88 Å². The second-order valence-corrected chi connectivity index (χ2v) is 7.00. The summed E-state index contributed by atoms with van der Waals surface area (Å²) in [6.45, 7) is 2.26. The van der Waals surface area contributed by atoms with Crippen molar-refractivity contribution in [1.29, 1.82) is 0 Å². The summed E-state index contributed by atoms with van der Waals surface area (Å²) in [6.07, 6.45) is 10.5. The molecule has 1 aliphatic rings. The van der Waals surface area contributed by atoms with E-state index in [2.05, 4.69) is 10.3 Å². The molecule has 1 saturated carbocycles. The number of carbonyl (C=O) groups is 1. The van der Waals surface area contributed by atoms with Gasteiger partial charge in [0.1, 0.15) is 6.10 Å². The molecule has 0 aliphatic heterocycles. The lowest BCUT2D eigenvalue weighted by Gasteiger charge is -2.13. The first-order valence-electron chi connectivity index (χ1n) is 9.99. The van der Waals surface area contributed by atoms with Crippen LogP contribution in [0.2, 0.25) is 0 Å². The molecule has 1 heterocycles. The van der Waals surface area contributed by atoms with Crippen molar-refractivity contribution in [3.8, 4) is 17.4 Å². The summed E-state index contributed by atoms with van der Waals surface area (Å²) >= 11 is 0. The first-order chi connectivity index (χ1) is 14.2. The standard InChI is InChI=1S/C23H28N2O4/c1-3-6-17-9-10-20(21(13-17)27-2)28-16-22(26)25-15-18-11-12-24-23(14-18)29-19-7-4-5-8-19/h3,6,9-14,19H,4-5,7-8,15-16H2,1-2H3,(H,25,26)/b6-3+. The van der Waals surface area contributed by atoms with Gasteiger partial charge in [-0.1, -0.05) is 18.2 Å². The van der Waals surface area contributed by atoms with Crippen molar-refractivity contribution in [3.05, 3.63) is 53.7 Å². The Labute approximate surface area is 171 Å². The number of aromatic nitrogens is 1. The van der Waals surface area contributed by atoms with Crippen LogP contribution in [-0.2, 0) is 11.3 Å². The van der Waals surface area contributed by atoms with Crippen LogP contribution in [0, 0.1) is 0 Å². The molecular formula is C23H28N2O4. The number of hydrogen-bond acceptors (Lipinski definition) is 5. The number of ether oxygens (including phenoxy) is 3. The van der Waals surface area contributed by atoms with Gasteiger partial charge in [0.25, 0.3) is 5.91 Å². The Balaban J connectivity index is 1.49. The van der Waals surface area contributed by atoms with Gasteiger partial charge in [-0.2, -0.15) is 0 Å². The van der Waals surface area contributed by atoms with Gasteiger partial charge in [0.05, 0.1) is 7.11 Å². The van der Waals surface area contributed by atoms with E-state index in [0.29, 0.717) is 23.9 Å². The number of carbonyl (C=O) groups excluding carboxylic acids is 1. The minimum Gasteiger partial charge on any atom is -0.493 e. The molecule has 0 bridgehead atoms. The highest BCUT2D eigenvalue weighted by Crippen LogP contribution is 2.28. The maximum Gasteiger partial charge on any atom is 0.258 e. The zero-order valence-electron chi connectivity index (χ0n) is 17.0. The second kappa shape index (κ2) is 10.5. The number of pyridine rings is 1. The number of nitrogens with one attached hydrogen (secondary N) is 1. The summed E-state index contributed by atoms with van der Waals surface area (Å²) in [5, 5.41) is 2.86. The van der Waals surface area contributed by atoms with Crippen LogP contribution in [0.3, 0.4) is 0 Å². The zero-order chi connectivity index (χ0) is 20.5. The Morgan fingerprint density at radius 1 is 1.21 bits per heavy atom. The van der Waals surface area contributed by atoms with Crippen LogP contribution >= 0.6 is 0 Å². The van der Waals surface area contributed by atoms with Gasteiger partial charge in [-0.25, -0.2) is 4.98 Å². The van der Waals surface area contributed by atoms with Crippen LogP contribution in [0.5, 0.6) is 17.4 Å². The van der Waals surface area contributed by atoms with Gasteiger partial charge >= 0.3 is 0 Å². The number of nitrogens with zero attached hydrogens (tertiary/aromatic N) is 1. The molecule has 3 rings (SSSR count). The molecule has 6 heteroatoms. The van der Waals surface area contributed by atoms with E-state index in [1.807, 2.05) is 43.3 Å². The first kappa shape index (κ1) is 20.7. The molecule has 6 nitrogen and oxygen atoms in total. The van der Waals surface area contributed by atoms with Crippen LogP contribution in [-0.4, -0.2) is 30.7 Å². The van der Waals surface area contributed by atoms with Gasteiger partial charge < -0.3 is 19.5 Å². The van der Waals surface area contributed by atoms with Crippen molar-refractivity contribution in [2.24, 2.45) is 0 Å². The van der Waals surface area contributed by atoms with E-state index in [1.165, 1.54) is 12.8 Å². The van der Waals surface area contributed by atoms with E-state index in [1.54, 1.807) is 19.4 Å². The Hall–Kier alpha value is -3.02. The molecule has 2 aromatic rings. The van der Waals surface area contributed by atoms with Crippen molar-refractivity contribution in [1.82, 2.24) is 10.3 Å². The highest BCUT2D eigenvalue weighted by atomic mass is 16.5. The van der Waals surface area contributed by atoms with Crippen LogP contribution in [0.15, 0.2) is 42.6 Å². The van der Waals surface area contributed by atoms with Crippen molar-refractivity contribution >= 4 is 12.0 Å². The fourth-order valence-corrected chi connectivity index (χ4v) is 3.30. The molecule has 0 unspecified atom stereocenters. The van der Waals surface area contributed by atoms with Crippen LogP contribution in [0.1, 0.15) is 43.7 Å². The van der Waals surface area contributed by atoms with Crippen LogP contribution in [0.4, 0.5) is 0 Å². The summed E-state index contributed by atoms with van der Waals surface area (Å²) in [5.74, 6) is 1.54. The third-order valence-corrected chi connectivity index (χ3v) is 4.78. The van der Waals surface area contributed by atoms with Crippen molar-refractivity contribution in [3.63, 3.8) is 0 Å². The minimum atomic E-state index is -0.209. The number of rotatable bonds is 9. The maximum atomic E-state index is 12.2. The molecule has 0 radical (unpaired) electrons. The van der Waals surface area contributed by atoms with Gasteiger partial charge in [0, 0.05) is 18.8 Å². The summed E-state index contributed by atoms with van der Waals surface area (Å²) in [6, 6.07) is 9.33. The first-order valence-corrected chi connectivity index (χ1v) is 9.99. The minimum absolute atomic E-state index is 0.0875. The third kappa shape index (κ3) is 6.24. The highest BCUT2D eigenvalue weighted by Gasteiger charge is 2.17. The SMILES string of the molecule is C/C=C/c1ccc(OCC(=O)NCc2ccnc(OC3CCCC3)c2)c(OC)c1. The van der Waals surface area contributed by atoms with Gasteiger partial charge in [-0.3, -0.25) is 4.79 Å². The van der Waals surface area contributed by atoms with Crippen LogP contribution < -0.4 is 19.5 Å². The number of methoxy groups -OCH3 is 1. The molecule has 1 N–H and O–H groups in total. The zero-order valence-corrected chi connectivity index (χ0v) is 17.0. The molecule has 1 amide bonds. The molecule has 0 atom stereocenters. The van der Waals surface area contributed by atoms with E-state index < -0.39 is 0 Å². The van der Waals surface area contributed by atoms with Gasteiger partial charge in [0.15, 0.2) is 18.1 Å². The van der Waals surface area contributed by atoms with Crippen molar-refractivity contribution < 1.29 is 19.0 Å². The predicted molar refractivity (Wildman–Crippen MR) is 112 cm³/mol.